The lowest BCUT2D eigenvalue weighted by atomic mass is 10.0. The third kappa shape index (κ3) is 5.07. The van der Waals surface area contributed by atoms with E-state index in [1.54, 1.807) is 26.0 Å². The van der Waals surface area contributed by atoms with Crippen LogP contribution in [-0.2, 0) is 11.3 Å². The predicted molar refractivity (Wildman–Crippen MR) is 121 cm³/mol. The zero-order valence-electron chi connectivity index (χ0n) is 19.1. The molecule has 0 radical (unpaired) electrons. The summed E-state index contributed by atoms with van der Waals surface area (Å²) in [6.45, 7) is 4.23. The van der Waals surface area contributed by atoms with E-state index in [0.29, 0.717) is 24.7 Å². The van der Waals surface area contributed by atoms with Crippen LogP contribution in [0.15, 0.2) is 42.5 Å². The van der Waals surface area contributed by atoms with Crippen molar-refractivity contribution >= 4 is 5.69 Å². The smallest absolute Gasteiger partial charge is 0.173 e. The molecule has 4 rings (SSSR count). The van der Waals surface area contributed by atoms with Crippen molar-refractivity contribution < 1.29 is 18.6 Å². The van der Waals surface area contributed by atoms with Gasteiger partial charge in [-0.2, -0.15) is 0 Å². The number of tetrazole rings is 1. The second-order valence-corrected chi connectivity index (χ2v) is 7.77. The number of nitrogens with zero attached hydrogens (tertiary/aromatic N) is 6. The van der Waals surface area contributed by atoms with Gasteiger partial charge in [-0.15, -0.1) is 5.10 Å². The molecule has 0 N–H and O–H groups in total. The van der Waals surface area contributed by atoms with E-state index < -0.39 is 0 Å². The Balaban J connectivity index is 1.63. The lowest BCUT2D eigenvalue weighted by Crippen LogP contribution is -2.48. The maximum atomic E-state index is 13.3. The van der Waals surface area contributed by atoms with Gasteiger partial charge < -0.3 is 19.1 Å². The molecule has 1 saturated heterocycles. The lowest BCUT2D eigenvalue weighted by molar-refractivity contribution is 0.171. The van der Waals surface area contributed by atoms with Crippen LogP contribution in [0.25, 0.3) is 0 Å². The van der Waals surface area contributed by atoms with Crippen LogP contribution in [0, 0.1) is 5.82 Å². The maximum absolute atomic E-state index is 13.3. The minimum absolute atomic E-state index is 0.174. The monoisotopic (exact) mass is 456 g/mol. The first-order chi connectivity index (χ1) is 16.1. The van der Waals surface area contributed by atoms with Crippen molar-refractivity contribution in [2.45, 2.75) is 12.6 Å². The summed E-state index contributed by atoms with van der Waals surface area (Å²) in [5, 5.41) is 12.5. The van der Waals surface area contributed by atoms with Gasteiger partial charge in [0.25, 0.3) is 0 Å². The summed E-state index contributed by atoms with van der Waals surface area (Å²) < 4.78 is 31.3. The number of aromatic nitrogens is 4. The number of hydrogen-bond acceptors (Lipinski definition) is 8. The summed E-state index contributed by atoms with van der Waals surface area (Å²) in [6, 6.07) is 12.4. The molecular weight excluding hydrogens is 427 g/mol. The third-order valence-electron chi connectivity index (χ3n) is 5.91. The van der Waals surface area contributed by atoms with E-state index in [2.05, 4.69) is 25.3 Å². The highest BCUT2D eigenvalue weighted by Gasteiger charge is 2.31. The van der Waals surface area contributed by atoms with Crippen molar-refractivity contribution in [3.05, 3.63) is 59.7 Å². The molecule has 9 nitrogen and oxygen atoms in total. The Morgan fingerprint density at radius 3 is 2.33 bits per heavy atom. The standard InChI is InChI=1S/C23H29FN6O3/c1-31-15-14-30-23(25-26-27-30)22(17-4-9-20(32-2)21(16-17)33-3)29-12-10-28(11-13-29)19-7-5-18(24)6-8-19/h4-9,16,22H,10-15H2,1-3H3/t22-/m0/s1. The van der Waals surface area contributed by atoms with Crippen molar-refractivity contribution in [3.8, 4) is 11.5 Å². The van der Waals surface area contributed by atoms with Crippen molar-refractivity contribution in [2.24, 2.45) is 0 Å². The summed E-state index contributed by atoms with van der Waals surface area (Å²) in [6.07, 6.45) is 0. The van der Waals surface area contributed by atoms with Crippen molar-refractivity contribution in [1.82, 2.24) is 25.1 Å². The van der Waals surface area contributed by atoms with Crippen LogP contribution >= 0.6 is 0 Å². The van der Waals surface area contributed by atoms with Crippen LogP contribution < -0.4 is 14.4 Å². The molecular formula is C23H29FN6O3. The van der Waals surface area contributed by atoms with Gasteiger partial charge >= 0.3 is 0 Å². The highest BCUT2D eigenvalue weighted by atomic mass is 19.1. The summed E-state index contributed by atoms with van der Waals surface area (Å²) in [5.74, 6) is 1.84. The van der Waals surface area contributed by atoms with Crippen LogP contribution in [0.4, 0.5) is 10.1 Å². The Hall–Kier alpha value is -3.24. The van der Waals surface area contributed by atoms with Gasteiger partial charge in [-0.3, -0.25) is 4.90 Å². The second-order valence-electron chi connectivity index (χ2n) is 7.77. The molecule has 0 unspecified atom stereocenters. The third-order valence-corrected chi connectivity index (χ3v) is 5.91. The largest absolute Gasteiger partial charge is 0.493 e. The van der Waals surface area contributed by atoms with Crippen LogP contribution in [-0.4, -0.2) is 79.2 Å². The van der Waals surface area contributed by atoms with Gasteiger partial charge in [0.05, 0.1) is 33.4 Å². The van der Waals surface area contributed by atoms with Gasteiger partial charge in [-0.1, -0.05) is 6.07 Å². The lowest BCUT2D eigenvalue weighted by Gasteiger charge is -2.40. The van der Waals surface area contributed by atoms with E-state index in [4.69, 9.17) is 14.2 Å². The molecule has 10 heteroatoms. The molecule has 2 aromatic carbocycles. The van der Waals surface area contributed by atoms with Crippen LogP contribution in [0.3, 0.4) is 0 Å². The number of piperazine rings is 1. The molecule has 1 atom stereocenters. The number of benzene rings is 2. The first kappa shape index (κ1) is 22.9. The first-order valence-electron chi connectivity index (χ1n) is 10.9. The van der Waals surface area contributed by atoms with E-state index in [9.17, 15) is 4.39 Å². The van der Waals surface area contributed by atoms with Gasteiger partial charge in [0, 0.05) is 39.0 Å². The number of methoxy groups -OCH3 is 3. The topological polar surface area (TPSA) is 77.8 Å². The molecule has 0 saturated carbocycles. The average Bonchev–Trinajstić information content (AvgIpc) is 3.31. The van der Waals surface area contributed by atoms with Gasteiger partial charge in [0.15, 0.2) is 17.3 Å². The predicted octanol–water partition coefficient (Wildman–Crippen LogP) is 2.39. The maximum Gasteiger partial charge on any atom is 0.173 e. The number of hydrogen-bond donors (Lipinski definition) is 0. The number of anilines is 1. The molecule has 0 bridgehead atoms. The summed E-state index contributed by atoms with van der Waals surface area (Å²) in [5.41, 5.74) is 2.03. The van der Waals surface area contributed by atoms with Crippen molar-refractivity contribution in [2.75, 3.05) is 59.0 Å². The fourth-order valence-corrected chi connectivity index (χ4v) is 4.18. The second kappa shape index (κ2) is 10.6. The molecule has 0 aliphatic carbocycles. The molecule has 1 aliphatic heterocycles. The van der Waals surface area contributed by atoms with E-state index in [-0.39, 0.29) is 11.9 Å². The van der Waals surface area contributed by atoms with Gasteiger partial charge in [0.1, 0.15) is 5.82 Å². The highest BCUT2D eigenvalue weighted by Crippen LogP contribution is 2.35. The summed E-state index contributed by atoms with van der Waals surface area (Å²) in [7, 11) is 4.90. The summed E-state index contributed by atoms with van der Waals surface area (Å²) in [4.78, 5) is 4.62. The van der Waals surface area contributed by atoms with E-state index in [0.717, 1.165) is 43.3 Å². The fraction of sp³-hybridized carbons (Fsp3) is 0.435. The molecule has 33 heavy (non-hydrogen) atoms. The molecule has 0 amide bonds. The highest BCUT2D eigenvalue weighted by molar-refractivity contribution is 5.47. The number of ether oxygens (including phenoxy) is 3. The Morgan fingerprint density at radius 1 is 0.939 bits per heavy atom. The zero-order chi connectivity index (χ0) is 23.2. The van der Waals surface area contributed by atoms with Crippen LogP contribution in [0.2, 0.25) is 0 Å². The molecule has 0 spiro atoms. The number of halogens is 1. The Bertz CT molecular complexity index is 1040. The van der Waals surface area contributed by atoms with Crippen LogP contribution in [0.5, 0.6) is 11.5 Å². The minimum atomic E-state index is -0.228. The molecule has 176 valence electrons. The molecule has 1 aliphatic rings. The fourth-order valence-electron chi connectivity index (χ4n) is 4.18. The Morgan fingerprint density at radius 2 is 1.67 bits per heavy atom. The molecule has 3 aromatic rings. The summed E-state index contributed by atoms with van der Waals surface area (Å²) >= 11 is 0. The van der Waals surface area contributed by atoms with Gasteiger partial charge in [0.2, 0.25) is 0 Å². The zero-order valence-corrected chi connectivity index (χ0v) is 19.1. The Kier molecular flexibility index (Phi) is 7.36. The van der Waals surface area contributed by atoms with Crippen molar-refractivity contribution in [3.63, 3.8) is 0 Å². The van der Waals surface area contributed by atoms with E-state index in [1.807, 2.05) is 30.3 Å². The molecule has 1 aromatic heterocycles. The quantitative estimate of drug-likeness (QED) is 0.486. The molecule has 2 heterocycles. The minimum Gasteiger partial charge on any atom is -0.493 e. The normalized spacial score (nSPS) is 15.5. The van der Waals surface area contributed by atoms with E-state index in [1.165, 1.54) is 12.1 Å². The SMILES string of the molecule is COCCn1nnnc1[C@H](c1ccc(OC)c(OC)c1)N1CCN(c2ccc(F)cc2)CC1. The van der Waals surface area contributed by atoms with Crippen molar-refractivity contribution in [1.29, 1.82) is 0 Å². The molecule has 1 fully saturated rings. The first-order valence-corrected chi connectivity index (χ1v) is 10.9. The van der Waals surface area contributed by atoms with Gasteiger partial charge in [-0.25, -0.2) is 9.07 Å². The van der Waals surface area contributed by atoms with E-state index >= 15 is 0 Å². The van der Waals surface area contributed by atoms with Gasteiger partial charge in [-0.05, 0) is 52.4 Å². The average molecular weight is 457 g/mol. The van der Waals surface area contributed by atoms with Crippen LogP contribution in [0.1, 0.15) is 17.4 Å². The Labute approximate surface area is 192 Å². The number of rotatable bonds is 9.